The van der Waals surface area contributed by atoms with Crippen molar-refractivity contribution in [2.24, 2.45) is 5.84 Å². The van der Waals surface area contributed by atoms with Crippen molar-refractivity contribution in [2.75, 3.05) is 7.05 Å². The standard InChI is InChI=1S/C12H21N3O2/c1-5-12(2,3)15(4)7-10-6-9(8-17-10)11(16)14-13/h6,8H,5,7,13H2,1-4H3,(H,14,16). The van der Waals surface area contributed by atoms with Crippen molar-refractivity contribution >= 4 is 5.91 Å². The van der Waals surface area contributed by atoms with Crippen LogP contribution in [-0.2, 0) is 6.54 Å². The second-order valence-electron chi connectivity index (χ2n) is 4.80. The van der Waals surface area contributed by atoms with Crippen LogP contribution in [0.3, 0.4) is 0 Å². The minimum atomic E-state index is -0.336. The number of hydrazine groups is 1. The zero-order chi connectivity index (χ0) is 13.1. The third kappa shape index (κ3) is 3.31. The van der Waals surface area contributed by atoms with Gasteiger partial charge in [-0.3, -0.25) is 15.1 Å². The maximum absolute atomic E-state index is 11.3. The molecule has 1 aromatic rings. The van der Waals surface area contributed by atoms with Crippen LogP contribution in [0.5, 0.6) is 0 Å². The first-order valence-electron chi connectivity index (χ1n) is 5.70. The van der Waals surface area contributed by atoms with Crippen molar-refractivity contribution in [1.82, 2.24) is 10.3 Å². The fraction of sp³-hybridized carbons (Fsp3) is 0.583. The van der Waals surface area contributed by atoms with Crippen LogP contribution in [0, 0.1) is 0 Å². The maximum Gasteiger partial charge on any atom is 0.268 e. The molecule has 5 heteroatoms. The molecule has 96 valence electrons. The van der Waals surface area contributed by atoms with Gasteiger partial charge in [0, 0.05) is 5.54 Å². The fourth-order valence-electron chi connectivity index (χ4n) is 1.38. The van der Waals surface area contributed by atoms with Crippen LogP contribution in [0.15, 0.2) is 16.7 Å². The zero-order valence-electron chi connectivity index (χ0n) is 10.9. The van der Waals surface area contributed by atoms with E-state index in [1.807, 2.05) is 7.05 Å². The minimum Gasteiger partial charge on any atom is -0.467 e. The second-order valence-corrected chi connectivity index (χ2v) is 4.80. The Bertz CT molecular complexity index is 385. The van der Waals surface area contributed by atoms with E-state index in [0.29, 0.717) is 12.1 Å². The van der Waals surface area contributed by atoms with Crippen molar-refractivity contribution < 1.29 is 9.21 Å². The van der Waals surface area contributed by atoms with Gasteiger partial charge in [0.25, 0.3) is 5.91 Å². The van der Waals surface area contributed by atoms with Crippen LogP contribution < -0.4 is 11.3 Å². The molecule has 0 saturated heterocycles. The van der Waals surface area contributed by atoms with Crippen LogP contribution in [0.2, 0.25) is 0 Å². The van der Waals surface area contributed by atoms with Crippen LogP contribution >= 0.6 is 0 Å². The molecule has 0 radical (unpaired) electrons. The molecule has 1 aromatic heterocycles. The SMILES string of the molecule is CCC(C)(C)N(C)Cc1cc(C(=O)NN)co1. The predicted octanol–water partition coefficient (Wildman–Crippen LogP) is 1.50. The normalized spacial score (nSPS) is 11.9. The molecule has 0 aliphatic carbocycles. The Morgan fingerprint density at radius 3 is 2.76 bits per heavy atom. The van der Waals surface area contributed by atoms with E-state index in [9.17, 15) is 4.79 Å². The molecule has 0 bridgehead atoms. The van der Waals surface area contributed by atoms with Gasteiger partial charge < -0.3 is 4.42 Å². The van der Waals surface area contributed by atoms with E-state index >= 15 is 0 Å². The smallest absolute Gasteiger partial charge is 0.268 e. The van der Waals surface area contributed by atoms with Crippen molar-refractivity contribution in [3.8, 4) is 0 Å². The van der Waals surface area contributed by atoms with Gasteiger partial charge in [0.1, 0.15) is 12.0 Å². The Kier molecular flexibility index (Phi) is 4.31. The largest absolute Gasteiger partial charge is 0.467 e. The summed E-state index contributed by atoms with van der Waals surface area (Å²) in [7, 11) is 2.04. The van der Waals surface area contributed by atoms with E-state index in [4.69, 9.17) is 10.3 Å². The van der Waals surface area contributed by atoms with Gasteiger partial charge >= 0.3 is 0 Å². The predicted molar refractivity (Wildman–Crippen MR) is 66.2 cm³/mol. The van der Waals surface area contributed by atoms with Crippen molar-refractivity contribution in [3.63, 3.8) is 0 Å². The first-order valence-corrected chi connectivity index (χ1v) is 5.70. The van der Waals surface area contributed by atoms with E-state index < -0.39 is 0 Å². The van der Waals surface area contributed by atoms with Gasteiger partial charge in [0.2, 0.25) is 0 Å². The number of hydrogen-bond donors (Lipinski definition) is 2. The summed E-state index contributed by atoms with van der Waals surface area (Å²) in [5, 5.41) is 0. The molecule has 0 spiro atoms. The van der Waals surface area contributed by atoms with Gasteiger partial charge in [-0.15, -0.1) is 0 Å². The topological polar surface area (TPSA) is 71.5 Å². The van der Waals surface area contributed by atoms with Gasteiger partial charge in [0.05, 0.1) is 12.1 Å². The number of amides is 1. The highest BCUT2D eigenvalue weighted by Crippen LogP contribution is 2.20. The fourth-order valence-corrected chi connectivity index (χ4v) is 1.38. The number of nitrogens with zero attached hydrogens (tertiary/aromatic N) is 1. The summed E-state index contributed by atoms with van der Waals surface area (Å²) < 4.78 is 5.34. The van der Waals surface area contributed by atoms with Crippen LogP contribution in [0.25, 0.3) is 0 Å². The lowest BCUT2D eigenvalue weighted by atomic mass is 10.00. The molecule has 17 heavy (non-hydrogen) atoms. The first-order chi connectivity index (χ1) is 7.90. The van der Waals surface area contributed by atoms with Crippen LogP contribution in [0.1, 0.15) is 43.3 Å². The zero-order valence-corrected chi connectivity index (χ0v) is 10.9. The molecular formula is C12H21N3O2. The lowest BCUT2D eigenvalue weighted by Gasteiger charge is -2.34. The Balaban J connectivity index is 2.70. The summed E-state index contributed by atoms with van der Waals surface area (Å²) in [6.07, 6.45) is 2.46. The highest BCUT2D eigenvalue weighted by molar-refractivity contribution is 5.93. The van der Waals surface area contributed by atoms with E-state index in [2.05, 4.69) is 31.1 Å². The monoisotopic (exact) mass is 239 g/mol. The molecule has 1 amide bonds. The molecule has 5 nitrogen and oxygen atoms in total. The molecule has 0 atom stereocenters. The number of carbonyl (C=O) groups excluding carboxylic acids is 1. The molecule has 0 aromatic carbocycles. The molecular weight excluding hydrogens is 218 g/mol. The Hall–Kier alpha value is -1.33. The lowest BCUT2D eigenvalue weighted by molar-refractivity contribution is 0.0953. The van der Waals surface area contributed by atoms with Gasteiger partial charge in [-0.05, 0) is 33.4 Å². The highest BCUT2D eigenvalue weighted by atomic mass is 16.3. The van der Waals surface area contributed by atoms with E-state index in [1.165, 1.54) is 6.26 Å². The van der Waals surface area contributed by atoms with Gasteiger partial charge in [-0.25, -0.2) is 5.84 Å². The molecule has 0 fully saturated rings. The van der Waals surface area contributed by atoms with Gasteiger partial charge in [-0.2, -0.15) is 0 Å². The molecule has 0 aliphatic rings. The number of rotatable bonds is 5. The minimum absolute atomic E-state index is 0.100. The Morgan fingerprint density at radius 1 is 1.59 bits per heavy atom. The third-order valence-electron chi connectivity index (χ3n) is 3.34. The van der Waals surface area contributed by atoms with Crippen molar-refractivity contribution in [1.29, 1.82) is 0 Å². The molecule has 0 aliphatic heterocycles. The molecule has 0 unspecified atom stereocenters. The van der Waals surface area contributed by atoms with Gasteiger partial charge in [0.15, 0.2) is 0 Å². The Morgan fingerprint density at radius 2 is 2.24 bits per heavy atom. The van der Waals surface area contributed by atoms with E-state index in [1.54, 1.807) is 6.07 Å². The highest BCUT2D eigenvalue weighted by Gasteiger charge is 2.22. The maximum atomic E-state index is 11.3. The quantitative estimate of drug-likeness (QED) is 0.464. The first kappa shape index (κ1) is 13.7. The number of furan rings is 1. The van der Waals surface area contributed by atoms with E-state index in [-0.39, 0.29) is 11.4 Å². The molecule has 3 N–H and O–H groups in total. The van der Waals surface area contributed by atoms with Crippen molar-refractivity contribution in [3.05, 3.63) is 23.7 Å². The number of nitrogen functional groups attached to an aromatic ring is 1. The number of nitrogens with two attached hydrogens (primary N) is 1. The summed E-state index contributed by atoms with van der Waals surface area (Å²) >= 11 is 0. The number of carbonyl (C=O) groups is 1. The summed E-state index contributed by atoms with van der Waals surface area (Å²) in [4.78, 5) is 13.4. The van der Waals surface area contributed by atoms with Crippen molar-refractivity contribution in [2.45, 2.75) is 39.3 Å². The van der Waals surface area contributed by atoms with E-state index in [0.717, 1.165) is 12.2 Å². The van der Waals surface area contributed by atoms with Crippen LogP contribution in [-0.4, -0.2) is 23.4 Å². The average molecular weight is 239 g/mol. The third-order valence-corrected chi connectivity index (χ3v) is 3.34. The summed E-state index contributed by atoms with van der Waals surface area (Å²) in [5.41, 5.74) is 2.63. The summed E-state index contributed by atoms with van der Waals surface area (Å²) in [5.74, 6) is 5.48. The Labute approximate surface area is 102 Å². The summed E-state index contributed by atoms with van der Waals surface area (Å²) in [6.45, 7) is 7.15. The number of nitrogens with one attached hydrogen (secondary N) is 1. The summed E-state index contributed by atoms with van der Waals surface area (Å²) in [6, 6.07) is 1.71. The average Bonchev–Trinajstić information content (AvgIpc) is 2.76. The number of hydrogen-bond acceptors (Lipinski definition) is 4. The molecule has 0 saturated carbocycles. The van der Waals surface area contributed by atoms with Gasteiger partial charge in [-0.1, -0.05) is 6.92 Å². The second kappa shape index (κ2) is 5.33. The molecule has 1 heterocycles. The van der Waals surface area contributed by atoms with Crippen LogP contribution in [0.4, 0.5) is 0 Å². The molecule has 1 rings (SSSR count). The lowest BCUT2D eigenvalue weighted by Crippen LogP contribution is -2.39.